The zero-order valence-corrected chi connectivity index (χ0v) is 32.6. The van der Waals surface area contributed by atoms with Crippen molar-refractivity contribution in [2.24, 2.45) is 0 Å². The van der Waals surface area contributed by atoms with Crippen LogP contribution in [0.2, 0.25) is 0 Å². The van der Waals surface area contributed by atoms with Crippen molar-refractivity contribution < 1.29 is 49.7 Å². The van der Waals surface area contributed by atoms with E-state index in [-0.39, 0.29) is 29.1 Å². The predicted octanol–water partition coefficient (Wildman–Crippen LogP) is 6.09. The van der Waals surface area contributed by atoms with Crippen LogP contribution in [0, 0.1) is 0 Å². The molecule has 2 aromatic rings. The second kappa shape index (κ2) is 15.6. The van der Waals surface area contributed by atoms with Gasteiger partial charge in [0.15, 0.2) is 5.71 Å². The third kappa shape index (κ3) is 8.33. The first kappa shape index (κ1) is 40.5. The Bertz CT molecular complexity index is 2230. The second-order valence-electron chi connectivity index (χ2n) is 14.4. The number of nitrogens with zero attached hydrogens (tertiary/aromatic N) is 3. The largest absolute Gasteiger partial charge is 0.344 e. The van der Waals surface area contributed by atoms with Gasteiger partial charge < -0.3 is 9.74 Å². The molecule has 0 bridgehead atoms. The maximum absolute atomic E-state index is 12.2. The van der Waals surface area contributed by atoms with E-state index in [1.807, 2.05) is 77.2 Å². The molecule has 288 valence electrons. The first-order chi connectivity index (χ1) is 25.3. The number of imide groups is 1. The fourth-order valence-electron chi connectivity index (χ4n) is 7.22. The average molecular weight is 781 g/mol. The summed E-state index contributed by atoms with van der Waals surface area (Å²) in [6.45, 7) is 11.2. The standard InChI is InChI=1S/C39H45N3O10S2/c1-6-40-31-20-18-27(53(46,47)48)25-29(31)38(2,3)33(40)15-11-8-7-9-12-16-34-39(4,5)30-26-28(54(49,50)51)19-21-32(30)41(34)24-14-10-13-17-37(45)52-42-35(43)22-23-36(42)44/h7-9,11-12,15-16,18-21,25-26H,6,10,13-14,17,22-24H2,1-5H3,(H-,46,47,48,49,50,51)/p+1. The van der Waals surface area contributed by atoms with Gasteiger partial charge in [0, 0.05) is 60.3 Å². The SMILES string of the molecule is CC[N+]1=C(/C=C/C=C/C=C/C=C2\N(CCCCCC(=O)ON3C(=O)CCC3=O)c3ccc(S(=O)(=O)O)cc3C2(C)C)C(C)(C)c2cc(S(=O)(=O)O)ccc21. The van der Waals surface area contributed by atoms with Crippen LogP contribution in [-0.4, -0.2) is 72.2 Å². The summed E-state index contributed by atoms with van der Waals surface area (Å²) >= 11 is 0. The fourth-order valence-corrected chi connectivity index (χ4v) is 8.23. The summed E-state index contributed by atoms with van der Waals surface area (Å²) in [6.07, 6.45) is 15.2. The Morgan fingerprint density at radius 3 is 2.04 bits per heavy atom. The van der Waals surface area contributed by atoms with E-state index < -0.39 is 48.8 Å². The van der Waals surface area contributed by atoms with Crippen molar-refractivity contribution in [3.63, 3.8) is 0 Å². The Balaban J connectivity index is 1.29. The summed E-state index contributed by atoms with van der Waals surface area (Å²) in [5.41, 5.74) is 3.96. The summed E-state index contributed by atoms with van der Waals surface area (Å²) in [6, 6.07) is 9.19. The number of amides is 2. The van der Waals surface area contributed by atoms with Crippen LogP contribution in [0.4, 0.5) is 11.4 Å². The monoisotopic (exact) mass is 780 g/mol. The Kier molecular flexibility index (Phi) is 11.7. The number of unbranched alkanes of at least 4 members (excludes halogenated alkanes) is 2. The van der Waals surface area contributed by atoms with Gasteiger partial charge in [0.25, 0.3) is 32.1 Å². The minimum Gasteiger partial charge on any atom is -0.344 e. The molecule has 3 aliphatic rings. The lowest BCUT2D eigenvalue weighted by molar-refractivity contribution is -0.433. The summed E-state index contributed by atoms with van der Waals surface area (Å²) in [7, 11) is -8.77. The van der Waals surface area contributed by atoms with Crippen LogP contribution in [0.5, 0.6) is 0 Å². The van der Waals surface area contributed by atoms with Crippen molar-refractivity contribution in [3.05, 3.63) is 95.8 Å². The third-order valence-electron chi connectivity index (χ3n) is 10.1. The lowest BCUT2D eigenvalue weighted by Crippen LogP contribution is -2.32. The number of carbonyl (C=O) groups is 3. The molecule has 15 heteroatoms. The Hall–Kier alpha value is -4.70. The molecular weight excluding hydrogens is 735 g/mol. The minimum atomic E-state index is -4.43. The highest BCUT2D eigenvalue weighted by molar-refractivity contribution is 7.86. The van der Waals surface area contributed by atoms with Crippen molar-refractivity contribution in [1.82, 2.24) is 5.06 Å². The lowest BCUT2D eigenvalue weighted by atomic mass is 9.81. The molecule has 0 spiro atoms. The van der Waals surface area contributed by atoms with E-state index in [4.69, 9.17) is 4.84 Å². The third-order valence-corrected chi connectivity index (χ3v) is 11.8. The van der Waals surface area contributed by atoms with Crippen LogP contribution in [0.15, 0.2) is 94.4 Å². The molecule has 13 nitrogen and oxygen atoms in total. The van der Waals surface area contributed by atoms with Gasteiger partial charge in [0.1, 0.15) is 6.54 Å². The number of benzene rings is 2. The average Bonchev–Trinajstić information content (AvgIpc) is 3.61. The van der Waals surface area contributed by atoms with E-state index in [0.29, 0.717) is 37.4 Å². The zero-order valence-electron chi connectivity index (χ0n) is 31.0. The molecule has 0 aliphatic carbocycles. The van der Waals surface area contributed by atoms with Gasteiger partial charge in [-0.05, 0) is 75.6 Å². The van der Waals surface area contributed by atoms with Gasteiger partial charge in [0.05, 0.1) is 15.2 Å². The van der Waals surface area contributed by atoms with Gasteiger partial charge in [-0.3, -0.25) is 18.7 Å². The van der Waals surface area contributed by atoms with Crippen molar-refractivity contribution in [3.8, 4) is 0 Å². The number of carbonyl (C=O) groups excluding carboxylic acids is 3. The normalized spacial score (nSPS) is 19.0. The highest BCUT2D eigenvalue weighted by Crippen LogP contribution is 2.48. The van der Waals surface area contributed by atoms with E-state index in [2.05, 4.69) is 9.48 Å². The lowest BCUT2D eigenvalue weighted by Gasteiger charge is -2.27. The molecule has 1 saturated heterocycles. The van der Waals surface area contributed by atoms with Crippen LogP contribution in [0.25, 0.3) is 0 Å². The van der Waals surface area contributed by atoms with Crippen molar-refractivity contribution in [2.45, 2.75) is 93.8 Å². The molecule has 2 aromatic carbocycles. The molecule has 2 amide bonds. The molecule has 0 saturated carbocycles. The predicted molar refractivity (Wildman–Crippen MR) is 203 cm³/mol. The fraction of sp³-hybridized carbons (Fsp3) is 0.385. The molecule has 2 N–H and O–H groups in total. The number of rotatable bonds is 14. The van der Waals surface area contributed by atoms with Crippen molar-refractivity contribution in [1.29, 1.82) is 0 Å². The number of anilines is 1. The van der Waals surface area contributed by atoms with E-state index in [0.717, 1.165) is 33.9 Å². The Morgan fingerprint density at radius 1 is 0.815 bits per heavy atom. The summed E-state index contributed by atoms with van der Waals surface area (Å²) < 4.78 is 69.1. The Morgan fingerprint density at radius 2 is 1.41 bits per heavy atom. The van der Waals surface area contributed by atoms with Gasteiger partial charge >= 0.3 is 5.97 Å². The molecule has 54 heavy (non-hydrogen) atoms. The number of hydrogen-bond donors (Lipinski definition) is 2. The molecular formula is C39H46N3O10S2+. The first-order valence-corrected chi connectivity index (χ1v) is 20.6. The maximum Gasteiger partial charge on any atom is 0.333 e. The molecule has 1 fully saturated rings. The maximum atomic E-state index is 12.2. The van der Waals surface area contributed by atoms with Gasteiger partial charge in [-0.15, -0.1) is 5.06 Å². The van der Waals surface area contributed by atoms with Gasteiger partial charge in [0.2, 0.25) is 5.69 Å². The number of fused-ring (bicyclic) bond motifs is 2. The molecule has 0 radical (unpaired) electrons. The van der Waals surface area contributed by atoms with Crippen molar-refractivity contribution >= 4 is 55.1 Å². The zero-order chi connectivity index (χ0) is 39.6. The summed E-state index contributed by atoms with van der Waals surface area (Å²) in [5.74, 6) is -1.70. The first-order valence-electron chi connectivity index (χ1n) is 17.7. The van der Waals surface area contributed by atoms with E-state index >= 15 is 0 Å². The quantitative estimate of drug-likeness (QED) is 0.0745. The van der Waals surface area contributed by atoms with Crippen LogP contribution in [0.3, 0.4) is 0 Å². The molecule has 0 unspecified atom stereocenters. The topological polar surface area (TPSA) is 179 Å². The second-order valence-corrected chi connectivity index (χ2v) is 17.2. The van der Waals surface area contributed by atoms with Crippen LogP contribution in [0.1, 0.15) is 84.3 Å². The highest BCUT2D eigenvalue weighted by atomic mass is 32.2. The smallest absolute Gasteiger partial charge is 0.333 e. The molecule has 3 aliphatic heterocycles. The Labute approximate surface area is 316 Å². The van der Waals surface area contributed by atoms with Crippen LogP contribution in [-0.2, 0) is 50.3 Å². The number of hydroxylamine groups is 2. The van der Waals surface area contributed by atoms with Gasteiger partial charge in [-0.25, -0.2) is 4.79 Å². The van der Waals surface area contributed by atoms with Gasteiger partial charge in [-0.1, -0.05) is 50.6 Å². The van der Waals surface area contributed by atoms with E-state index in [9.17, 15) is 40.3 Å². The molecule has 3 heterocycles. The molecule has 0 atom stereocenters. The summed E-state index contributed by atoms with van der Waals surface area (Å²) in [4.78, 5) is 42.4. The number of allylic oxidation sites excluding steroid dienone is 8. The molecule has 0 aromatic heterocycles. The molecule has 5 rings (SSSR count). The van der Waals surface area contributed by atoms with Crippen LogP contribution < -0.4 is 4.90 Å². The van der Waals surface area contributed by atoms with Gasteiger partial charge in [-0.2, -0.15) is 21.4 Å². The number of hydrogen-bond acceptors (Lipinski definition) is 9. The van der Waals surface area contributed by atoms with E-state index in [1.165, 1.54) is 24.3 Å². The highest BCUT2D eigenvalue weighted by Gasteiger charge is 2.44. The van der Waals surface area contributed by atoms with Crippen LogP contribution >= 0.6 is 0 Å². The summed E-state index contributed by atoms with van der Waals surface area (Å²) in [5, 5.41) is 0.545. The minimum absolute atomic E-state index is 0.0297. The van der Waals surface area contributed by atoms with E-state index in [1.54, 1.807) is 12.1 Å². The van der Waals surface area contributed by atoms with Crippen molar-refractivity contribution in [2.75, 3.05) is 18.0 Å².